The van der Waals surface area contributed by atoms with Crippen molar-refractivity contribution in [3.8, 4) is 0 Å². The lowest BCUT2D eigenvalue weighted by Crippen LogP contribution is -2.35. The zero-order valence-corrected chi connectivity index (χ0v) is 9.24. The summed E-state index contributed by atoms with van der Waals surface area (Å²) in [7, 11) is 0. The molecule has 0 saturated carbocycles. The molecule has 6 heteroatoms. The average Bonchev–Trinajstić information content (AvgIpc) is 2.15. The molecule has 96 valence electrons. The molecule has 1 aromatic rings. The highest BCUT2D eigenvalue weighted by atomic mass is 19.4. The van der Waals surface area contributed by atoms with E-state index in [1.54, 1.807) is 24.3 Å². The third-order valence-electron chi connectivity index (χ3n) is 2.18. The molecule has 0 unspecified atom stereocenters. The van der Waals surface area contributed by atoms with Gasteiger partial charge in [-0.25, -0.2) is 0 Å². The first kappa shape index (κ1) is 13.8. The summed E-state index contributed by atoms with van der Waals surface area (Å²) >= 11 is 0. The van der Waals surface area contributed by atoms with Crippen molar-refractivity contribution in [3.63, 3.8) is 0 Å². The summed E-state index contributed by atoms with van der Waals surface area (Å²) in [6.07, 6.45) is -4.27. The van der Waals surface area contributed by atoms with Gasteiger partial charge in [0, 0.05) is 18.8 Å². The van der Waals surface area contributed by atoms with Crippen LogP contribution in [0.15, 0.2) is 24.3 Å². The summed E-state index contributed by atoms with van der Waals surface area (Å²) in [6.45, 7) is -1.25. The van der Waals surface area contributed by atoms with E-state index < -0.39 is 12.7 Å². The minimum atomic E-state index is -4.27. The number of nitrogen functional groups attached to an aromatic ring is 1. The van der Waals surface area contributed by atoms with E-state index in [-0.39, 0.29) is 19.7 Å². The lowest BCUT2D eigenvalue weighted by Gasteiger charge is -2.22. The van der Waals surface area contributed by atoms with Gasteiger partial charge in [-0.3, -0.25) is 4.90 Å². The van der Waals surface area contributed by atoms with Gasteiger partial charge in [0.1, 0.15) is 0 Å². The van der Waals surface area contributed by atoms with E-state index in [9.17, 15) is 13.2 Å². The number of aliphatic hydroxyl groups excluding tert-OH is 1. The van der Waals surface area contributed by atoms with Gasteiger partial charge in [-0.15, -0.1) is 0 Å². The van der Waals surface area contributed by atoms with Gasteiger partial charge in [-0.2, -0.15) is 13.2 Å². The van der Waals surface area contributed by atoms with Crippen molar-refractivity contribution in [2.45, 2.75) is 12.7 Å². The molecule has 0 saturated heterocycles. The van der Waals surface area contributed by atoms with Crippen molar-refractivity contribution >= 4 is 5.69 Å². The van der Waals surface area contributed by atoms with Crippen LogP contribution in [0.25, 0.3) is 0 Å². The number of benzene rings is 1. The van der Waals surface area contributed by atoms with Crippen molar-refractivity contribution in [1.29, 1.82) is 0 Å². The maximum absolute atomic E-state index is 12.3. The third-order valence-corrected chi connectivity index (χ3v) is 2.18. The number of anilines is 1. The number of hydrogen-bond acceptors (Lipinski definition) is 3. The Morgan fingerprint density at radius 2 is 2.00 bits per heavy atom. The molecule has 3 nitrogen and oxygen atoms in total. The van der Waals surface area contributed by atoms with Gasteiger partial charge < -0.3 is 10.8 Å². The molecule has 17 heavy (non-hydrogen) atoms. The Labute approximate surface area is 97.6 Å². The predicted octanol–water partition coefficient (Wildman–Crippen LogP) is 1.63. The zero-order chi connectivity index (χ0) is 12.9. The van der Waals surface area contributed by atoms with E-state index in [1.165, 1.54) is 0 Å². The molecule has 0 radical (unpaired) electrons. The molecule has 0 bridgehead atoms. The highest BCUT2D eigenvalue weighted by Crippen LogP contribution is 2.18. The van der Waals surface area contributed by atoms with Crippen LogP contribution in [0.3, 0.4) is 0 Å². The second-order valence-electron chi connectivity index (χ2n) is 3.79. The number of rotatable bonds is 5. The van der Waals surface area contributed by atoms with E-state index in [1.807, 2.05) is 0 Å². The van der Waals surface area contributed by atoms with Crippen molar-refractivity contribution in [3.05, 3.63) is 29.8 Å². The van der Waals surface area contributed by atoms with Gasteiger partial charge in [0.05, 0.1) is 13.2 Å². The van der Waals surface area contributed by atoms with E-state index in [0.29, 0.717) is 11.3 Å². The number of halogens is 3. The monoisotopic (exact) mass is 248 g/mol. The summed E-state index contributed by atoms with van der Waals surface area (Å²) in [5.74, 6) is 0. The van der Waals surface area contributed by atoms with E-state index in [2.05, 4.69) is 0 Å². The highest BCUT2D eigenvalue weighted by molar-refractivity contribution is 5.40. The van der Waals surface area contributed by atoms with Gasteiger partial charge in [0.15, 0.2) is 0 Å². The molecule has 0 fully saturated rings. The Balaban J connectivity index is 2.66. The van der Waals surface area contributed by atoms with Crippen LogP contribution in [0, 0.1) is 0 Å². The normalized spacial score (nSPS) is 12.1. The lowest BCUT2D eigenvalue weighted by atomic mass is 10.2. The predicted molar refractivity (Wildman–Crippen MR) is 59.3 cm³/mol. The number of nitrogens with zero attached hydrogens (tertiary/aromatic N) is 1. The molecule has 1 aromatic carbocycles. The minimum absolute atomic E-state index is 0.0195. The topological polar surface area (TPSA) is 49.5 Å². The van der Waals surface area contributed by atoms with Crippen molar-refractivity contribution in [2.75, 3.05) is 25.4 Å². The van der Waals surface area contributed by atoms with Crippen LogP contribution in [0.1, 0.15) is 5.56 Å². The minimum Gasteiger partial charge on any atom is -0.399 e. The van der Waals surface area contributed by atoms with Crippen LogP contribution in [-0.4, -0.2) is 35.9 Å². The summed E-state index contributed by atoms with van der Waals surface area (Å²) in [6, 6.07) is 6.69. The molecule has 0 aliphatic carbocycles. The van der Waals surface area contributed by atoms with E-state index >= 15 is 0 Å². The number of nitrogens with two attached hydrogens (primary N) is 1. The fraction of sp³-hybridized carbons (Fsp3) is 0.455. The first-order valence-electron chi connectivity index (χ1n) is 5.15. The SMILES string of the molecule is Nc1cccc(CN(CCO)CC(F)(F)F)c1. The fourth-order valence-corrected chi connectivity index (χ4v) is 1.56. The maximum atomic E-state index is 12.3. The smallest absolute Gasteiger partial charge is 0.399 e. The molecule has 3 N–H and O–H groups in total. The van der Waals surface area contributed by atoms with Gasteiger partial charge in [-0.1, -0.05) is 12.1 Å². The second kappa shape index (κ2) is 5.88. The van der Waals surface area contributed by atoms with Crippen LogP contribution in [0.5, 0.6) is 0 Å². The molecular formula is C11H15F3N2O. The standard InChI is InChI=1S/C11H15F3N2O/c12-11(13,14)8-16(4-5-17)7-9-2-1-3-10(15)6-9/h1-3,6,17H,4-5,7-8,15H2. The van der Waals surface area contributed by atoms with Gasteiger partial charge >= 0.3 is 6.18 Å². The second-order valence-corrected chi connectivity index (χ2v) is 3.79. The fourth-order valence-electron chi connectivity index (χ4n) is 1.56. The van der Waals surface area contributed by atoms with Crippen LogP contribution < -0.4 is 5.73 Å². The number of alkyl halides is 3. The molecule has 0 spiro atoms. The molecule has 1 rings (SSSR count). The first-order valence-corrected chi connectivity index (χ1v) is 5.15. The molecule has 0 amide bonds. The molecular weight excluding hydrogens is 233 g/mol. The highest BCUT2D eigenvalue weighted by Gasteiger charge is 2.30. The lowest BCUT2D eigenvalue weighted by molar-refractivity contribution is -0.147. The van der Waals surface area contributed by atoms with Gasteiger partial charge in [0.25, 0.3) is 0 Å². The molecule has 0 aliphatic rings. The Morgan fingerprint density at radius 1 is 1.29 bits per heavy atom. The van der Waals surface area contributed by atoms with Crippen molar-refractivity contribution in [1.82, 2.24) is 4.90 Å². The molecule has 0 aliphatic heterocycles. The van der Waals surface area contributed by atoms with Gasteiger partial charge in [0.2, 0.25) is 0 Å². The van der Waals surface area contributed by atoms with Crippen LogP contribution in [0.4, 0.5) is 18.9 Å². The molecule has 0 atom stereocenters. The Bertz CT molecular complexity index is 355. The quantitative estimate of drug-likeness (QED) is 0.779. The first-order chi connectivity index (χ1) is 7.90. The van der Waals surface area contributed by atoms with Crippen molar-refractivity contribution < 1.29 is 18.3 Å². The van der Waals surface area contributed by atoms with Crippen molar-refractivity contribution in [2.24, 2.45) is 0 Å². The average molecular weight is 248 g/mol. The largest absolute Gasteiger partial charge is 0.401 e. The van der Waals surface area contributed by atoms with Crippen LogP contribution in [0.2, 0.25) is 0 Å². The zero-order valence-electron chi connectivity index (χ0n) is 9.24. The number of aliphatic hydroxyl groups is 1. The molecule has 0 aromatic heterocycles. The Kier molecular flexibility index (Phi) is 4.77. The Morgan fingerprint density at radius 3 is 2.53 bits per heavy atom. The van der Waals surface area contributed by atoms with Gasteiger partial charge in [-0.05, 0) is 17.7 Å². The summed E-state index contributed by atoms with van der Waals surface area (Å²) in [4.78, 5) is 1.13. The number of hydrogen-bond donors (Lipinski definition) is 2. The van der Waals surface area contributed by atoms with Crippen LogP contribution in [-0.2, 0) is 6.54 Å². The summed E-state index contributed by atoms with van der Waals surface area (Å²) < 4.78 is 36.8. The van der Waals surface area contributed by atoms with E-state index in [4.69, 9.17) is 10.8 Å². The summed E-state index contributed by atoms with van der Waals surface area (Å²) in [5, 5.41) is 8.73. The summed E-state index contributed by atoms with van der Waals surface area (Å²) in [5.41, 5.74) is 6.75. The molecule has 0 heterocycles. The Hall–Kier alpha value is -1.27. The maximum Gasteiger partial charge on any atom is 0.401 e. The van der Waals surface area contributed by atoms with Crippen LogP contribution >= 0.6 is 0 Å². The van der Waals surface area contributed by atoms with E-state index in [0.717, 1.165) is 4.90 Å². The third kappa shape index (κ3) is 5.55.